The van der Waals surface area contributed by atoms with Crippen molar-refractivity contribution in [1.29, 1.82) is 0 Å². The molecule has 0 spiro atoms. The van der Waals surface area contributed by atoms with Crippen molar-refractivity contribution < 1.29 is 4.74 Å². The van der Waals surface area contributed by atoms with Crippen LogP contribution in [-0.4, -0.2) is 13.2 Å². The smallest absolute Gasteiger partial charge is 0.122 e. The van der Waals surface area contributed by atoms with E-state index in [1.54, 1.807) is 0 Å². The monoisotopic (exact) mass is 275 g/mol. The molecule has 112 valence electrons. The Balaban J connectivity index is 2.18. The first-order valence-corrected chi connectivity index (χ1v) is 8.29. The maximum absolute atomic E-state index is 5.62. The maximum Gasteiger partial charge on any atom is 0.122 e. The molecule has 2 atom stereocenters. The van der Waals surface area contributed by atoms with Crippen molar-refractivity contribution in [2.24, 2.45) is 5.92 Å². The molecule has 0 radical (unpaired) electrons. The lowest BCUT2D eigenvalue weighted by molar-refractivity contribution is 0.327. The largest absolute Gasteiger partial charge is 0.493 e. The molecule has 0 bridgehead atoms. The second-order valence-corrected chi connectivity index (χ2v) is 5.81. The third-order valence-corrected chi connectivity index (χ3v) is 4.42. The zero-order valence-electron chi connectivity index (χ0n) is 13.2. The molecule has 2 heteroatoms. The summed E-state index contributed by atoms with van der Waals surface area (Å²) >= 11 is 0. The molecule has 0 fully saturated rings. The lowest BCUT2D eigenvalue weighted by Gasteiger charge is -2.28. The van der Waals surface area contributed by atoms with Crippen molar-refractivity contribution in [2.45, 2.75) is 58.9 Å². The summed E-state index contributed by atoms with van der Waals surface area (Å²) in [6, 6.07) is 7.27. The molecular weight excluding hydrogens is 246 g/mol. The Morgan fingerprint density at radius 2 is 2.10 bits per heavy atom. The van der Waals surface area contributed by atoms with Gasteiger partial charge in [-0.25, -0.2) is 0 Å². The van der Waals surface area contributed by atoms with E-state index in [4.69, 9.17) is 4.74 Å². The first-order valence-electron chi connectivity index (χ1n) is 8.29. The minimum absolute atomic E-state index is 0.488. The van der Waals surface area contributed by atoms with Crippen LogP contribution in [-0.2, 0) is 6.42 Å². The highest BCUT2D eigenvalue weighted by Crippen LogP contribution is 2.33. The second kappa shape index (κ2) is 7.68. The summed E-state index contributed by atoms with van der Waals surface area (Å²) in [5, 5.41) is 3.71. The van der Waals surface area contributed by atoms with Crippen LogP contribution in [0.4, 0.5) is 0 Å². The van der Waals surface area contributed by atoms with Crippen LogP contribution in [0.25, 0.3) is 0 Å². The molecule has 2 unspecified atom stereocenters. The molecule has 1 aliphatic rings. The lowest BCUT2D eigenvalue weighted by Crippen LogP contribution is -2.28. The predicted octanol–water partition coefficient (Wildman–Crippen LogP) is 4.49. The first-order chi connectivity index (χ1) is 9.80. The zero-order valence-corrected chi connectivity index (χ0v) is 13.2. The normalized spacial score (nSPS) is 16.6. The predicted molar refractivity (Wildman–Crippen MR) is 85.4 cm³/mol. The molecule has 1 heterocycles. The van der Waals surface area contributed by atoms with Gasteiger partial charge in [0.1, 0.15) is 5.75 Å². The quantitative estimate of drug-likeness (QED) is 0.755. The fraction of sp³-hybridized carbons (Fsp3) is 0.667. The van der Waals surface area contributed by atoms with E-state index in [1.165, 1.54) is 36.8 Å². The van der Waals surface area contributed by atoms with Crippen LogP contribution in [0.3, 0.4) is 0 Å². The van der Waals surface area contributed by atoms with E-state index >= 15 is 0 Å². The summed E-state index contributed by atoms with van der Waals surface area (Å²) in [6.45, 7) is 8.68. The third kappa shape index (κ3) is 3.54. The molecule has 0 amide bonds. The summed E-state index contributed by atoms with van der Waals surface area (Å²) in [5.74, 6) is 1.82. The van der Waals surface area contributed by atoms with Crippen molar-refractivity contribution in [3.63, 3.8) is 0 Å². The van der Waals surface area contributed by atoms with Crippen molar-refractivity contribution in [3.8, 4) is 5.75 Å². The van der Waals surface area contributed by atoms with Gasteiger partial charge in [-0.2, -0.15) is 0 Å². The first kappa shape index (κ1) is 15.4. The number of nitrogens with one attached hydrogen (secondary N) is 1. The number of hydrogen-bond acceptors (Lipinski definition) is 2. The Hall–Kier alpha value is -1.02. The van der Waals surface area contributed by atoms with Gasteiger partial charge in [0.25, 0.3) is 0 Å². The second-order valence-electron chi connectivity index (χ2n) is 5.81. The van der Waals surface area contributed by atoms with Gasteiger partial charge in [0.15, 0.2) is 0 Å². The van der Waals surface area contributed by atoms with E-state index in [0.717, 1.165) is 31.2 Å². The Morgan fingerprint density at radius 1 is 1.25 bits per heavy atom. The van der Waals surface area contributed by atoms with E-state index < -0.39 is 0 Å². The van der Waals surface area contributed by atoms with E-state index in [-0.39, 0.29) is 0 Å². The van der Waals surface area contributed by atoms with Gasteiger partial charge in [-0.3, -0.25) is 0 Å². The highest BCUT2D eigenvalue weighted by molar-refractivity contribution is 5.41. The number of unbranched alkanes of at least 4 members (excludes halogenated alkanes) is 1. The molecule has 0 aromatic heterocycles. The number of hydrogen-bond donors (Lipinski definition) is 1. The van der Waals surface area contributed by atoms with Crippen molar-refractivity contribution in [3.05, 3.63) is 29.3 Å². The van der Waals surface area contributed by atoms with E-state index in [0.29, 0.717) is 6.04 Å². The Bertz CT molecular complexity index is 416. The summed E-state index contributed by atoms with van der Waals surface area (Å²) in [5.41, 5.74) is 2.83. The summed E-state index contributed by atoms with van der Waals surface area (Å²) < 4.78 is 5.62. The van der Waals surface area contributed by atoms with Crippen LogP contribution in [0, 0.1) is 5.92 Å². The number of ether oxygens (including phenoxy) is 1. The minimum atomic E-state index is 0.488. The molecule has 1 aliphatic heterocycles. The average Bonchev–Trinajstić information content (AvgIpc) is 2.94. The van der Waals surface area contributed by atoms with Gasteiger partial charge in [0.05, 0.1) is 6.61 Å². The molecule has 2 rings (SSSR count). The van der Waals surface area contributed by atoms with Crippen molar-refractivity contribution in [2.75, 3.05) is 13.2 Å². The molecule has 2 nitrogen and oxygen atoms in total. The number of fused-ring (bicyclic) bond motifs is 1. The topological polar surface area (TPSA) is 21.3 Å². The molecular formula is C18H29NO. The lowest BCUT2D eigenvalue weighted by atomic mass is 9.86. The van der Waals surface area contributed by atoms with Gasteiger partial charge in [-0.05, 0) is 36.1 Å². The van der Waals surface area contributed by atoms with Gasteiger partial charge in [-0.15, -0.1) is 0 Å². The molecule has 0 saturated heterocycles. The Kier molecular flexibility index (Phi) is 5.90. The van der Waals surface area contributed by atoms with Crippen LogP contribution < -0.4 is 10.1 Å². The molecule has 0 saturated carbocycles. The molecule has 0 aliphatic carbocycles. The molecule has 20 heavy (non-hydrogen) atoms. The SMILES string of the molecule is CCCCC(CC)C(NCC)c1ccc2c(c1)CCO2. The average molecular weight is 275 g/mol. The van der Waals surface area contributed by atoms with Gasteiger partial charge in [0.2, 0.25) is 0 Å². The van der Waals surface area contributed by atoms with Gasteiger partial charge in [-0.1, -0.05) is 52.2 Å². The van der Waals surface area contributed by atoms with Gasteiger partial charge >= 0.3 is 0 Å². The highest BCUT2D eigenvalue weighted by atomic mass is 16.5. The summed E-state index contributed by atoms with van der Waals surface area (Å²) in [7, 11) is 0. The van der Waals surface area contributed by atoms with Crippen LogP contribution >= 0.6 is 0 Å². The van der Waals surface area contributed by atoms with E-state index in [1.807, 2.05) is 0 Å². The van der Waals surface area contributed by atoms with Crippen molar-refractivity contribution in [1.82, 2.24) is 5.32 Å². The minimum Gasteiger partial charge on any atom is -0.493 e. The fourth-order valence-corrected chi connectivity index (χ4v) is 3.25. The number of rotatable bonds is 8. The van der Waals surface area contributed by atoms with E-state index in [9.17, 15) is 0 Å². The van der Waals surface area contributed by atoms with Crippen molar-refractivity contribution >= 4 is 0 Å². The van der Waals surface area contributed by atoms with Gasteiger partial charge < -0.3 is 10.1 Å². The van der Waals surface area contributed by atoms with Crippen LogP contribution in [0.2, 0.25) is 0 Å². The van der Waals surface area contributed by atoms with Crippen LogP contribution in [0.5, 0.6) is 5.75 Å². The molecule has 1 aromatic carbocycles. The third-order valence-electron chi connectivity index (χ3n) is 4.42. The fourth-order valence-electron chi connectivity index (χ4n) is 3.25. The molecule has 1 aromatic rings. The van der Waals surface area contributed by atoms with Crippen LogP contribution in [0.1, 0.15) is 63.6 Å². The standard InChI is InChI=1S/C18H29NO/c1-4-7-8-14(5-2)18(19-6-3)16-9-10-17-15(13-16)11-12-20-17/h9-10,13-14,18-19H,4-8,11-12H2,1-3H3. The van der Waals surface area contributed by atoms with Crippen LogP contribution in [0.15, 0.2) is 18.2 Å². The Labute approximate surface area is 123 Å². The summed E-state index contributed by atoms with van der Waals surface area (Å²) in [6.07, 6.45) is 6.24. The summed E-state index contributed by atoms with van der Waals surface area (Å²) in [4.78, 5) is 0. The highest BCUT2D eigenvalue weighted by Gasteiger charge is 2.22. The number of benzene rings is 1. The van der Waals surface area contributed by atoms with Gasteiger partial charge in [0, 0.05) is 12.5 Å². The van der Waals surface area contributed by atoms with E-state index in [2.05, 4.69) is 44.3 Å². The maximum atomic E-state index is 5.62. The molecule has 1 N–H and O–H groups in total. The zero-order chi connectivity index (χ0) is 14.4. The Morgan fingerprint density at radius 3 is 2.80 bits per heavy atom.